The van der Waals surface area contributed by atoms with E-state index in [2.05, 4.69) is 0 Å². The number of rotatable bonds is 2. The number of hydrogen-bond acceptors (Lipinski definition) is 1. The zero-order valence-corrected chi connectivity index (χ0v) is 8.43. The molecule has 68 valence electrons. The summed E-state index contributed by atoms with van der Waals surface area (Å²) in [4.78, 5) is 10.5. The van der Waals surface area contributed by atoms with Gasteiger partial charge in [-0.3, -0.25) is 4.79 Å². The van der Waals surface area contributed by atoms with Crippen molar-refractivity contribution in [3.63, 3.8) is 0 Å². The summed E-state index contributed by atoms with van der Waals surface area (Å²) in [5.41, 5.74) is 3.35. The summed E-state index contributed by atoms with van der Waals surface area (Å²) in [6.45, 7) is 4.01. The van der Waals surface area contributed by atoms with Crippen molar-refractivity contribution in [1.29, 1.82) is 0 Å². The fourth-order valence-electron chi connectivity index (χ4n) is 1.09. The van der Waals surface area contributed by atoms with E-state index in [0.717, 1.165) is 11.1 Å². The van der Waals surface area contributed by atoms with Crippen LogP contribution in [0.15, 0.2) is 24.3 Å². The summed E-state index contributed by atoms with van der Waals surface area (Å²) in [7, 11) is 0. The van der Waals surface area contributed by atoms with Gasteiger partial charge in [0.1, 0.15) is 0 Å². The van der Waals surface area contributed by atoms with E-state index < -0.39 is 5.24 Å². The highest BCUT2D eigenvalue weighted by Gasteiger charge is 1.94. The molecule has 0 heterocycles. The van der Waals surface area contributed by atoms with Crippen LogP contribution in [0.4, 0.5) is 0 Å². The van der Waals surface area contributed by atoms with Gasteiger partial charge in [-0.15, -0.1) is 0 Å². The van der Waals surface area contributed by atoms with Gasteiger partial charge in [-0.05, 0) is 48.7 Å². The van der Waals surface area contributed by atoms with Crippen molar-refractivity contribution in [2.75, 3.05) is 0 Å². The monoisotopic (exact) mass is 194 g/mol. The molecule has 0 aliphatic carbocycles. The Morgan fingerprint density at radius 1 is 1.38 bits per heavy atom. The largest absolute Gasteiger partial charge is 0.276 e. The summed E-state index contributed by atoms with van der Waals surface area (Å²) >= 11 is 5.19. The van der Waals surface area contributed by atoms with Gasteiger partial charge in [-0.2, -0.15) is 0 Å². The van der Waals surface area contributed by atoms with Crippen LogP contribution < -0.4 is 0 Å². The fraction of sp³-hybridized carbons (Fsp3) is 0.182. The molecule has 1 aromatic rings. The predicted molar refractivity (Wildman–Crippen MR) is 55.8 cm³/mol. The van der Waals surface area contributed by atoms with Crippen molar-refractivity contribution < 1.29 is 4.79 Å². The maximum Gasteiger partial charge on any atom is 0.245 e. The van der Waals surface area contributed by atoms with Crippen LogP contribution in [0.3, 0.4) is 0 Å². The lowest BCUT2D eigenvalue weighted by atomic mass is 10.1. The zero-order chi connectivity index (χ0) is 9.84. The van der Waals surface area contributed by atoms with Crippen molar-refractivity contribution in [2.24, 2.45) is 0 Å². The van der Waals surface area contributed by atoms with E-state index in [1.165, 1.54) is 11.6 Å². The molecule has 0 bridgehead atoms. The Balaban J connectivity index is 3.00. The molecule has 1 rings (SSSR count). The van der Waals surface area contributed by atoms with Gasteiger partial charge >= 0.3 is 0 Å². The molecule has 0 spiro atoms. The molecule has 0 unspecified atom stereocenters. The molecule has 0 aromatic heterocycles. The van der Waals surface area contributed by atoms with Gasteiger partial charge < -0.3 is 0 Å². The molecule has 0 aliphatic heterocycles. The van der Waals surface area contributed by atoms with Gasteiger partial charge in [0.05, 0.1) is 0 Å². The Kier molecular flexibility index (Phi) is 3.26. The third-order valence-electron chi connectivity index (χ3n) is 1.83. The van der Waals surface area contributed by atoms with Crippen LogP contribution >= 0.6 is 11.6 Å². The van der Waals surface area contributed by atoms with Gasteiger partial charge in [0.2, 0.25) is 5.24 Å². The lowest BCUT2D eigenvalue weighted by Crippen LogP contribution is -1.83. The number of benzene rings is 1. The van der Waals surface area contributed by atoms with Gasteiger partial charge in [-0.25, -0.2) is 0 Å². The molecule has 0 atom stereocenters. The number of aryl methyl sites for hydroxylation is 2. The van der Waals surface area contributed by atoms with E-state index >= 15 is 0 Å². The van der Waals surface area contributed by atoms with E-state index in [4.69, 9.17) is 11.6 Å². The summed E-state index contributed by atoms with van der Waals surface area (Å²) in [6, 6.07) is 6.08. The molecular formula is C11H11ClO. The van der Waals surface area contributed by atoms with Crippen molar-refractivity contribution >= 4 is 22.9 Å². The smallest absolute Gasteiger partial charge is 0.245 e. The van der Waals surface area contributed by atoms with Crippen LogP contribution in [0.25, 0.3) is 6.08 Å². The summed E-state index contributed by atoms with van der Waals surface area (Å²) in [5, 5.41) is -0.444. The maximum absolute atomic E-state index is 10.5. The molecule has 0 aliphatic rings. The minimum Gasteiger partial charge on any atom is -0.276 e. The highest BCUT2D eigenvalue weighted by Crippen LogP contribution is 2.12. The van der Waals surface area contributed by atoms with E-state index in [1.807, 2.05) is 32.0 Å². The van der Waals surface area contributed by atoms with Crippen LogP contribution in [-0.2, 0) is 4.79 Å². The first-order valence-corrected chi connectivity index (χ1v) is 4.42. The van der Waals surface area contributed by atoms with Crippen LogP contribution in [0, 0.1) is 13.8 Å². The molecule has 1 aromatic carbocycles. The SMILES string of the molecule is Cc1ccc(C)c(/C=C/C(=O)Cl)c1. The van der Waals surface area contributed by atoms with Crippen LogP contribution in [0.1, 0.15) is 16.7 Å². The Hall–Kier alpha value is -1.08. The maximum atomic E-state index is 10.5. The summed E-state index contributed by atoms with van der Waals surface area (Å²) in [5.74, 6) is 0. The van der Waals surface area contributed by atoms with Crippen molar-refractivity contribution in [3.05, 3.63) is 41.0 Å². The van der Waals surface area contributed by atoms with E-state index in [9.17, 15) is 4.79 Å². The molecular weight excluding hydrogens is 184 g/mol. The van der Waals surface area contributed by atoms with Gasteiger partial charge in [0.15, 0.2) is 0 Å². The number of carbonyl (C=O) groups is 1. The van der Waals surface area contributed by atoms with Gasteiger partial charge in [-0.1, -0.05) is 23.8 Å². The van der Waals surface area contributed by atoms with E-state index in [-0.39, 0.29) is 0 Å². The van der Waals surface area contributed by atoms with Gasteiger partial charge in [0, 0.05) is 0 Å². The molecule has 0 amide bonds. The lowest BCUT2D eigenvalue weighted by Gasteiger charge is -2.00. The van der Waals surface area contributed by atoms with Crippen molar-refractivity contribution in [1.82, 2.24) is 0 Å². The Morgan fingerprint density at radius 3 is 2.69 bits per heavy atom. The zero-order valence-electron chi connectivity index (χ0n) is 7.67. The summed E-state index contributed by atoms with van der Waals surface area (Å²) < 4.78 is 0. The third-order valence-corrected chi connectivity index (χ3v) is 1.95. The number of carbonyl (C=O) groups excluding carboxylic acids is 1. The molecule has 2 heteroatoms. The number of hydrogen-bond donors (Lipinski definition) is 0. The quantitative estimate of drug-likeness (QED) is 0.523. The second kappa shape index (κ2) is 4.24. The van der Waals surface area contributed by atoms with Crippen LogP contribution in [0.2, 0.25) is 0 Å². The van der Waals surface area contributed by atoms with E-state index in [0.29, 0.717) is 0 Å². The molecule has 1 nitrogen and oxygen atoms in total. The minimum atomic E-state index is -0.444. The minimum absolute atomic E-state index is 0.444. The predicted octanol–water partition coefficient (Wildman–Crippen LogP) is 3.08. The van der Waals surface area contributed by atoms with Crippen molar-refractivity contribution in [2.45, 2.75) is 13.8 Å². The van der Waals surface area contributed by atoms with E-state index in [1.54, 1.807) is 6.08 Å². The Morgan fingerprint density at radius 2 is 2.08 bits per heavy atom. The molecule has 0 N–H and O–H groups in total. The third kappa shape index (κ3) is 3.03. The average molecular weight is 195 g/mol. The number of allylic oxidation sites excluding steroid dienone is 1. The normalized spacial score (nSPS) is 10.7. The molecule has 0 saturated heterocycles. The first kappa shape index (κ1) is 10.0. The van der Waals surface area contributed by atoms with Gasteiger partial charge in [0.25, 0.3) is 0 Å². The number of halogens is 1. The fourth-order valence-corrected chi connectivity index (χ4v) is 1.16. The molecule has 0 radical (unpaired) electrons. The van der Waals surface area contributed by atoms with Crippen molar-refractivity contribution in [3.8, 4) is 0 Å². The lowest BCUT2D eigenvalue weighted by molar-refractivity contribution is -0.107. The highest BCUT2D eigenvalue weighted by molar-refractivity contribution is 6.66. The Labute approximate surface area is 83.0 Å². The average Bonchev–Trinajstić information content (AvgIpc) is 2.06. The standard InChI is InChI=1S/C11H11ClO/c1-8-3-4-9(2)10(7-8)5-6-11(12)13/h3-7H,1-2H3/b6-5+. The topological polar surface area (TPSA) is 17.1 Å². The molecule has 0 saturated carbocycles. The Bertz CT molecular complexity index is 353. The first-order valence-electron chi connectivity index (χ1n) is 4.04. The molecule has 0 fully saturated rings. The van der Waals surface area contributed by atoms with Crippen LogP contribution in [-0.4, -0.2) is 5.24 Å². The summed E-state index contributed by atoms with van der Waals surface area (Å²) in [6.07, 6.45) is 3.10. The molecule has 13 heavy (non-hydrogen) atoms. The first-order chi connectivity index (χ1) is 6.09. The second-order valence-electron chi connectivity index (χ2n) is 3.00. The second-order valence-corrected chi connectivity index (χ2v) is 3.37. The highest BCUT2D eigenvalue weighted by atomic mass is 35.5. The van der Waals surface area contributed by atoms with Crippen LogP contribution in [0.5, 0.6) is 0 Å².